The molecule has 0 aliphatic rings. The molecule has 0 spiro atoms. The molecule has 0 saturated carbocycles. The van der Waals surface area contributed by atoms with Gasteiger partial charge in [0.1, 0.15) is 21.6 Å². The van der Waals surface area contributed by atoms with Crippen LogP contribution in [0.3, 0.4) is 0 Å². The van der Waals surface area contributed by atoms with Gasteiger partial charge in [-0.2, -0.15) is 31.2 Å². The van der Waals surface area contributed by atoms with Gasteiger partial charge >= 0.3 is 24.5 Å². The topological polar surface area (TPSA) is 145 Å². The van der Waals surface area contributed by atoms with Crippen LogP contribution < -0.4 is 9.64 Å². The van der Waals surface area contributed by atoms with E-state index in [4.69, 9.17) is 32.8 Å². The van der Waals surface area contributed by atoms with E-state index in [9.17, 15) is 22.8 Å². The molecule has 2 amide bonds. The van der Waals surface area contributed by atoms with Gasteiger partial charge in [-0.1, -0.05) is 42.5 Å². The Hall–Kier alpha value is -4.79. The number of benzene rings is 2. The second kappa shape index (κ2) is 19.9. The second-order valence-electron chi connectivity index (χ2n) is 15.7. The lowest BCUT2D eigenvalue weighted by Crippen LogP contribution is -2.49. The minimum atomic E-state index is -5.31. The molecule has 4 aromatic rings. The lowest BCUT2D eigenvalue weighted by molar-refractivity contribution is -0.311. The zero-order chi connectivity index (χ0) is 45.4. The Morgan fingerprint density at radius 1 is 0.836 bits per heavy atom. The Balaban J connectivity index is 1.73. The number of hydrogen-bond acceptors (Lipinski definition) is 12. The quantitative estimate of drug-likeness (QED) is 0.0599. The monoisotopic (exact) mass is 932 g/mol. The van der Waals surface area contributed by atoms with Gasteiger partial charge in [0.2, 0.25) is 0 Å². The average molecular weight is 934 g/mol. The number of pyridine rings is 1. The van der Waals surface area contributed by atoms with Gasteiger partial charge in [-0.25, -0.2) is 14.6 Å². The molecule has 20 heteroatoms. The van der Waals surface area contributed by atoms with Gasteiger partial charge in [-0.3, -0.25) is 0 Å². The molecule has 13 nitrogen and oxygen atoms in total. The van der Waals surface area contributed by atoms with Crippen molar-refractivity contribution in [2.45, 2.75) is 110 Å². The van der Waals surface area contributed by atoms with Crippen LogP contribution in [-0.2, 0) is 48.7 Å². The maximum atomic E-state index is 15.5. The number of ether oxygens (including phenoxy) is 6. The number of alkyl halides is 6. The van der Waals surface area contributed by atoms with Crippen LogP contribution in [0.15, 0.2) is 69.7 Å². The van der Waals surface area contributed by atoms with Crippen molar-refractivity contribution in [2.75, 3.05) is 25.2 Å². The van der Waals surface area contributed by atoms with Gasteiger partial charge in [0.15, 0.2) is 5.69 Å². The van der Waals surface area contributed by atoms with E-state index >= 15 is 13.2 Å². The number of carbonyl (C=O) groups excluding carboxylic acids is 2. The van der Waals surface area contributed by atoms with E-state index in [1.807, 2.05) is 12.1 Å². The van der Waals surface area contributed by atoms with Crippen LogP contribution in [0.2, 0.25) is 0 Å². The summed E-state index contributed by atoms with van der Waals surface area (Å²) in [5.41, 5.74) is -8.08. The molecule has 0 radical (unpaired) electrons. The van der Waals surface area contributed by atoms with Gasteiger partial charge in [0.05, 0.1) is 44.3 Å². The van der Waals surface area contributed by atoms with Crippen LogP contribution >= 0.6 is 15.9 Å². The van der Waals surface area contributed by atoms with E-state index in [0.29, 0.717) is 23.8 Å². The van der Waals surface area contributed by atoms with Crippen molar-refractivity contribution in [3.63, 3.8) is 0 Å². The molecule has 2 heterocycles. The molecule has 4 rings (SSSR count). The first-order chi connectivity index (χ1) is 28.3. The van der Waals surface area contributed by atoms with E-state index in [-0.39, 0.29) is 30.6 Å². The van der Waals surface area contributed by atoms with E-state index in [2.05, 4.69) is 31.1 Å². The van der Waals surface area contributed by atoms with Crippen LogP contribution in [-0.4, -0.2) is 71.2 Å². The number of halogens is 7. The van der Waals surface area contributed by atoms with E-state index in [1.165, 1.54) is 53.7 Å². The third kappa shape index (κ3) is 13.6. The Bertz CT molecular complexity index is 2040. The molecule has 334 valence electrons. The number of aromatic nitrogens is 3. The van der Waals surface area contributed by atoms with E-state index < -0.39 is 87.9 Å². The molecule has 0 N–H and O–H groups in total. The SMILES string of the molecule is COc1ccc(CO[C@@H](C)CCCOCC(OCc2ccccc2)(c2nnc(-c3nc(Br)c(C(F)(F)F)cc3N(C(=O)OC(C)(C)C)C(=O)OC(C)(C)C)o2)C(F)(F)F)cc1. The van der Waals surface area contributed by atoms with Crippen molar-refractivity contribution >= 4 is 33.8 Å². The zero-order valence-corrected chi connectivity index (χ0v) is 36.3. The van der Waals surface area contributed by atoms with Crippen LogP contribution in [0, 0.1) is 0 Å². The normalized spacial score (nSPS) is 14.0. The summed E-state index contributed by atoms with van der Waals surface area (Å²) >= 11 is 2.74. The van der Waals surface area contributed by atoms with Crippen molar-refractivity contribution < 1.29 is 68.8 Å². The van der Waals surface area contributed by atoms with Crippen molar-refractivity contribution in [1.82, 2.24) is 15.2 Å². The standard InChI is InChI=1S/C41H47BrF6N4O9/c1-25(57-22-27-16-18-28(55-8)19-17-27)13-12-20-56-24-39(41(46,47)48,58-23-26-14-10-9-11-15-26)34-51-50-33(59-34)31-30(21-29(32(42)49-31)40(43,44)45)52(35(53)60-37(2,3)4)36(54)61-38(5,6)7/h9-11,14-19,21,25H,12-13,20,22-24H2,1-8H3/t25-,39?/m0/s1. The highest BCUT2D eigenvalue weighted by Crippen LogP contribution is 2.45. The molecular formula is C41H47BrF6N4O9. The number of anilines is 1. The van der Waals surface area contributed by atoms with Crippen LogP contribution in [0.1, 0.15) is 83.9 Å². The predicted molar refractivity (Wildman–Crippen MR) is 211 cm³/mol. The number of methoxy groups -OCH3 is 1. The molecule has 0 fully saturated rings. The van der Waals surface area contributed by atoms with E-state index in [0.717, 1.165) is 5.56 Å². The van der Waals surface area contributed by atoms with Crippen molar-refractivity contribution in [3.8, 4) is 17.3 Å². The number of nitrogens with zero attached hydrogens (tertiary/aromatic N) is 4. The van der Waals surface area contributed by atoms with Crippen LogP contribution in [0.25, 0.3) is 11.6 Å². The van der Waals surface area contributed by atoms with Crippen molar-refractivity contribution in [1.29, 1.82) is 0 Å². The minimum Gasteiger partial charge on any atom is -0.497 e. The Labute approximate surface area is 357 Å². The first-order valence-corrected chi connectivity index (χ1v) is 19.6. The number of hydrogen-bond donors (Lipinski definition) is 0. The highest BCUT2D eigenvalue weighted by Gasteiger charge is 2.62. The third-order valence-corrected chi connectivity index (χ3v) is 8.92. The maximum absolute atomic E-state index is 15.5. The van der Waals surface area contributed by atoms with Crippen LogP contribution in [0.5, 0.6) is 5.75 Å². The van der Waals surface area contributed by atoms with E-state index in [1.54, 1.807) is 44.4 Å². The van der Waals surface area contributed by atoms with Crippen LogP contribution in [0.4, 0.5) is 41.6 Å². The number of rotatable bonds is 16. The summed E-state index contributed by atoms with van der Waals surface area (Å²) in [7, 11) is 1.55. The summed E-state index contributed by atoms with van der Waals surface area (Å²) in [4.78, 5) is 31.1. The average Bonchev–Trinajstić information content (AvgIpc) is 3.64. The van der Waals surface area contributed by atoms with Crippen molar-refractivity contribution in [3.05, 3.63) is 87.8 Å². The molecule has 1 unspecified atom stereocenters. The largest absolute Gasteiger partial charge is 0.497 e. The lowest BCUT2D eigenvalue weighted by atomic mass is 10.0. The molecular weight excluding hydrogens is 886 g/mol. The molecule has 2 atom stereocenters. The number of carbonyl (C=O) groups is 2. The maximum Gasteiger partial charge on any atom is 0.428 e. The highest BCUT2D eigenvalue weighted by atomic mass is 79.9. The smallest absolute Gasteiger partial charge is 0.428 e. The molecule has 61 heavy (non-hydrogen) atoms. The molecule has 2 aromatic carbocycles. The predicted octanol–water partition coefficient (Wildman–Crippen LogP) is 11.0. The zero-order valence-electron chi connectivity index (χ0n) is 34.7. The molecule has 0 aliphatic carbocycles. The summed E-state index contributed by atoms with van der Waals surface area (Å²) in [5, 5.41) is 7.36. The fraction of sp³-hybridized carbons (Fsp3) is 0.488. The number of imide groups is 1. The molecule has 0 saturated heterocycles. The Morgan fingerprint density at radius 2 is 1.43 bits per heavy atom. The fourth-order valence-electron chi connectivity index (χ4n) is 5.34. The Kier molecular flexibility index (Phi) is 16.0. The summed E-state index contributed by atoms with van der Waals surface area (Å²) in [6.07, 6.45) is -13.1. The number of amides is 2. The van der Waals surface area contributed by atoms with Crippen molar-refractivity contribution in [2.24, 2.45) is 0 Å². The first kappa shape index (κ1) is 48.9. The van der Waals surface area contributed by atoms with Gasteiger partial charge in [0.25, 0.3) is 17.4 Å². The fourth-order valence-corrected chi connectivity index (χ4v) is 5.86. The summed E-state index contributed by atoms with van der Waals surface area (Å²) < 4.78 is 127. The lowest BCUT2D eigenvalue weighted by Gasteiger charge is -2.32. The summed E-state index contributed by atoms with van der Waals surface area (Å²) in [5.74, 6) is -1.46. The molecule has 0 bridgehead atoms. The second-order valence-corrected chi connectivity index (χ2v) is 16.4. The Morgan fingerprint density at radius 3 is 1.97 bits per heavy atom. The summed E-state index contributed by atoms with van der Waals surface area (Å²) in [6, 6.07) is 15.5. The van der Waals surface area contributed by atoms with Gasteiger partial charge in [-0.05, 0) is 107 Å². The first-order valence-electron chi connectivity index (χ1n) is 18.8. The summed E-state index contributed by atoms with van der Waals surface area (Å²) in [6.45, 7) is 8.64. The molecule has 2 aromatic heterocycles. The highest BCUT2D eigenvalue weighted by molar-refractivity contribution is 9.10. The van der Waals surface area contributed by atoms with Gasteiger partial charge in [0, 0.05) is 6.61 Å². The third-order valence-electron chi connectivity index (χ3n) is 8.31. The van der Waals surface area contributed by atoms with Gasteiger partial charge < -0.3 is 32.8 Å². The minimum absolute atomic E-state index is 0.109. The molecule has 0 aliphatic heterocycles. The van der Waals surface area contributed by atoms with Gasteiger partial charge in [-0.15, -0.1) is 10.2 Å².